The maximum absolute atomic E-state index is 5.87. The van der Waals surface area contributed by atoms with Crippen LogP contribution in [0.5, 0.6) is 0 Å². The van der Waals surface area contributed by atoms with Gasteiger partial charge in [-0.15, -0.1) is 0 Å². The van der Waals surface area contributed by atoms with E-state index in [2.05, 4.69) is 39.5 Å². The molecule has 2 rings (SSSR count). The van der Waals surface area contributed by atoms with Gasteiger partial charge in [-0.05, 0) is 56.9 Å². The minimum atomic E-state index is 0.253. The zero-order valence-electron chi connectivity index (χ0n) is 15.7. The van der Waals surface area contributed by atoms with E-state index in [0.29, 0.717) is 12.0 Å². The van der Waals surface area contributed by atoms with Gasteiger partial charge in [-0.1, -0.05) is 57.9 Å². The van der Waals surface area contributed by atoms with Crippen molar-refractivity contribution in [1.29, 1.82) is 0 Å². The molecule has 2 nitrogen and oxygen atoms in total. The molecule has 0 aromatic heterocycles. The first-order valence-electron chi connectivity index (χ1n) is 9.45. The third-order valence-electron chi connectivity index (χ3n) is 4.82. The number of unbranched alkanes of at least 4 members (excludes halogenated alkanes) is 1. The maximum Gasteiger partial charge on any atom is 0.126 e. The molecule has 0 saturated carbocycles. The Balaban J connectivity index is 0.000000284. The van der Waals surface area contributed by atoms with E-state index in [1.807, 2.05) is 6.92 Å². The SMILES string of the molecule is C=C(C)O[C@H]1C2=C(CCC=C2)CCC1C.CCCC[C@H](N)CC. The molecule has 2 N–H and O–H groups in total. The molecular weight excluding hydrogens is 282 g/mol. The van der Waals surface area contributed by atoms with E-state index >= 15 is 0 Å². The average molecular weight is 320 g/mol. The van der Waals surface area contributed by atoms with Crippen molar-refractivity contribution in [2.24, 2.45) is 11.7 Å². The largest absolute Gasteiger partial charge is 0.491 e. The van der Waals surface area contributed by atoms with Gasteiger partial charge in [0, 0.05) is 6.04 Å². The second-order valence-electron chi connectivity index (χ2n) is 7.07. The smallest absolute Gasteiger partial charge is 0.126 e. The molecule has 0 saturated heterocycles. The van der Waals surface area contributed by atoms with E-state index in [0.717, 1.165) is 12.2 Å². The lowest BCUT2D eigenvalue weighted by molar-refractivity contribution is 0.0924. The molecule has 0 spiro atoms. The molecule has 0 bridgehead atoms. The fourth-order valence-corrected chi connectivity index (χ4v) is 3.22. The molecule has 0 aromatic rings. The molecule has 23 heavy (non-hydrogen) atoms. The molecule has 2 aliphatic rings. The summed E-state index contributed by atoms with van der Waals surface area (Å²) in [5, 5.41) is 0. The second-order valence-corrected chi connectivity index (χ2v) is 7.07. The normalized spacial score (nSPS) is 24.4. The number of allylic oxidation sites excluding steroid dienone is 3. The summed E-state index contributed by atoms with van der Waals surface area (Å²) in [4.78, 5) is 0. The van der Waals surface area contributed by atoms with Crippen molar-refractivity contribution in [2.45, 2.75) is 91.2 Å². The van der Waals surface area contributed by atoms with Gasteiger partial charge in [0.15, 0.2) is 0 Å². The topological polar surface area (TPSA) is 35.2 Å². The zero-order valence-corrected chi connectivity index (χ0v) is 15.7. The summed E-state index contributed by atoms with van der Waals surface area (Å²) in [5.41, 5.74) is 8.71. The highest BCUT2D eigenvalue weighted by molar-refractivity contribution is 5.35. The number of hydrogen-bond acceptors (Lipinski definition) is 2. The van der Waals surface area contributed by atoms with Gasteiger partial charge in [0.25, 0.3) is 0 Å². The molecule has 2 heteroatoms. The molecule has 132 valence electrons. The summed E-state index contributed by atoms with van der Waals surface area (Å²) < 4.78 is 5.87. The van der Waals surface area contributed by atoms with Gasteiger partial charge >= 0.3 is 0 Å². The minimum Gasteiger partial charge on any atom is -0.491 e. The number of hydrogen-bond donors (Lipinski definition) is 1. The lowest BCUT2D eigenvalue weighted by atomic mass is 9.78. The molecule has 2 aliphatic carbocycles. The van der Waals surface area contributed by atoms with Gasteiger partial charge in [-0.25, -0.2) is 0 Å². The van der Waals surface area contributed by atoms with Crippen LogP contribution in [0.15, 0.2) is 35.6 Å². The Bertz CT molecular complexity index is 422. The van der Waals surface area contributed by atoms with Crippen molar-refractivity contribution in [2.75, 3.05) is 0 Å². The fourth-order valence-electron chi connectivity index (χ4n) is 3.22. The highest BCUT2D eigenvalue weighted by Crippen LogP contribution is 2.37. The van der Waals surface area contributed by atoms with Crippen LogP contribution in [0.3, 0.4) is 0 Å². The summed E-state index contributed by atoms with van der Waals surface area (Å²) in [5.74, 6) is 1.45. The Morgan fingerprint density at radius 3 is 2.74 bits per heavy atom. The Morgan fingerprint density at radius 2 is 2.13 bits per heavy atom. The van der Waals surface area contributed by atoms with E-state index < -0.39 is 0 Å². The maximum atomic E-state index is 5.87. The average Bonchev–Trinajstić information content (AvgIpc) is 2.55. The summed E-state index contributed by atoms with van der Waals surface area (Å²) in [7, 11) is 0. The third-order valence-corrected chi connectivity index (χ3v) is 4.82. The lowest BCUT2D eigenvalue weighted by Gasteiger charge is -2.34. The predicted octanol–water partition coefficient (Wildman–Crippen LogP) is 5.90. The van der Waals surface area contributed by atoms with Crippen LogP contribution in [-0.4, -0.2) is 12.1 Å². The first kappa shape index (κ1) is 20.0. The van der Waals surface area contributed by atoms with Crippen molar-refractivity contribution >= 4 is 0 Å². The summed E-state index contributed by atoms with van der Waals surface area (Å²) in [6.45, 7) is 12.4. The molecule has 0 heterocycles. The first-order chi connectivity index (χ1) is 11.0. The first-order valence-corrected chi connectivity index (χ1v) is 9.45. The van der Waals surface area contributed by atoms with Gasteiger partial charge in [-0.3, -0.25) is 0 Å². The molecule has 1 unspecified atom stereocenters. The van der Waals surface area contributed by atoms with Crippen molar-refractivity contribution in [3.05, 3.63) is 35.6 Å². The third kappa shape index (κ3) is 6.95. The van der Waals surface area contributed by atoms with Crippen LogP contribution in [0.1, 0.15) is 79.1 Å². The van der Waals surface area contributed by atoms with Crippen molar-refractivity contribution < 1.29 is 4.74 Å². The van der Waals surface area contributed by atoms with Gasteiger partial charge < -0.3 is 10.5 Å². The number of nitrogens with two attached hydrogens (primary N) is 1. The Morgan fingerprint density at radius 1 is 1.39 bits per heavy atom. The van der Waals surface area contributed by atoms with Gasteiger partial charge in [0.2, 0.25) is 0 Å². The van der Waals surface area contributed by atoms with Crippen LogP contribution in [0.25, 0.3) is 0 Å². The fraction of sp³-hybridized carbons (Fsp3) is 0.714. The van der Waals surface area contributed by atoms with Crippen LogP contribution in [0.4, 0.5) is 0 Å². The van der Waals surface area contributed by atoms with Crippen LogP contribution < -0.4 is 5.73 Å². The van der Waals surface area contributed by atoms with E-state index in [4.69, 9.17) is 10.5 Å². The molecule has 0 fully saturated rings. The Kier molecular flexibility index (Phi) is 9.31. The van der Waals surface area contributed by atoms with Gasteiger partial charge in [0.05, 0.1) is 5.76 Å². The van der Waals surface area contributed by atoms with Crippen LogP contribution in [0.2, 0.25) is 0 Å². The van der Waals surface area contributed by atoms with Crippen molar-refractivity contribution in [3.8, 4) is 0 Å². The number of ether oxygens (including phenoxy) is 1. The van der Waals surface area contributed by atoms with Crippen molar-refractivity contribution in [3.63, 3.8) is 0 Å². The van der Waals surface area contributed by atoms with Gasteiger partial charge in [0.1, 0.15) is 6.10 Å². The van der Waals surface area contributed by atoms with Crippen LogP contribution >= 0.6 is 0 Å². The minimum absolute atomic E-state index is 0.253. The van der Waals surface area contributed by atoms with E-state index in [1.165, 1.54) is 50.5 Å². The highest BCUT2D eigenvalue weighted by Gasteiger charge is 2.29. The van der Waals surface area contributed by atoms with E-state index in [1.54, 1.807) is 5.57 Å². The predicted molar refractivity (Wildman–Crippen MR) is 101 cm³/mol. The van der Waals surface area contributed by atoms with E-state index in [9.17, 15) is 0 Å². The van der Waals surface area contributed by atoms with Crippen LogP contribution in [-0.2, 0) is 4.74 Å². The molecular formula is C21H37NO. The molecule has 0 amide bonds. The van der Waals surface area contributed by atoms with Gasteiger partial charge in [-0.2, -0.15) is 0 Å². The zero-order chi connectivity index (χ0) is 17.2. The molecule has 3 atom stereocenters. The second kappa shape index (κ2) is 10.7. The van der Waals surface area contributed by atoms with Crippen LogP contribution in [0, 0.1) is 5.92 Å². The lowest BCUT2D eigenvalue weighted by Crippen LogP contribution is -2.28. The Labute approximate surface area is 143 Å². The monoisotopic (exact) mass is 319 g/mol. The van der Waals surface area contributed by atoms with E-state index in [-0.39, 0.29) is 6.10 Å². The van der Waals surface area contributed by atoms with Crippen molar-refractivity contribution in [1.82, 2.24) is 0 Å². The number of rotatable bonds is 6. The summed E-state index contributed by atoms with van der Waals surface area (Å²) in [6, 6.07) is 0.454. The summed E-state index contributed by atoms with van der Waals surface area (Å²) in [6.07, 6.45) is 14.6. The Hall–Kier alpha value is -1.02. The molecule has 0 radical (unpaired) electrons. The quantitative estimate of drug-likeness (QED) is 0.619. The molecule has 0 aromatic carbocycles. The molecule has 0 aliphatic heterocycles. The summed E-state index contributed by atoms with van der Waals surface area (Å²) >= 11 is 0. The highest BCUT2D eigenvalue weighted by atomic mass is 16.5. The standard InChI is InChI=1S/C14H20O.C7H17N/c1-10(2)15-14-11(3)8-9-12-6-4-5-7-13(12)14;1-3-5-6-7(8)4-2/h5,7,11,14H,1,4,6,8-9H2,2-3H3;7H,3-6,8H2,1-2H3/t11?,14-;7-/m11/s1.